The van der Waals surface area contributed by atoms with Gasteiger partial charge in [0.1, 0.15) is 5.75 Å². The molecule has 2 aromatic carbocycles. The molecule has 0 saturated heterocycles. The number of unbranched alkanes of at least 4 members (excludes halogenated alkanes) is 5. The lowest BCUT2D eigenvalue weighted by Gasteiger charge is -2.12. The molecule has 156 valence electrons. The summed E-state index contributed by atoms with van der Waals surface area (Å²) < 4.78 is 5.85. The maximum atomic E-state index is 12.5. The number of carboxylic acids is 1. The van der Waals surface area contributed by atoms with E-state index in [4.69, 9.17) is 9.84 Å². The number of carbonyl (C=O) groups is 2. The number of amides is 1. The number of hydrogen-bond donors (Lipinski definition) is 2. The minimum Gasteiger partial charge on any atom is -0.493 e. The highest BCUT2D eigenvalue weighted by molar-refractivity contribution is 5.96. The van der Waals surface area contributed by atoms with Crippen molar-refractivity contribution in [2.75, 3.05) is 13.2 Å². The third kappa shape index (κ3) is 7.98. The van der Waals surface area contributed by atoms with Crippen LogP contribution in [0.5, 0.6) is 5.75 Å². The Morgan fingerprint density at radius 2 is 1.62 bits per heavy atom. The zero-order valence-electron chi connectivity index (χ0n) is 17.2. The second-order valence-corrected chi connectivity index (χ2v) is 7.12. The first-order chi connectivity index (χ1) is 14.1. The highest BCUT2D eigenvalue weighted by Gasteiger charge is 2.11. The molecule has 0 saturated carbocycles. The minimum atomic E-state index is -0.942. The smallest absolute Gasteiger partial charge is 0.335 e. The normalized spacial score (nSPS) is 10.5. The lowest BCUT2D eigenvalue weighted by atomic mass is 10.1. The summed E-state index contributed by atoms with van der Waals surface area (Å²) in [5, 5.41) is 11.8. The molecule has 0 spiro atoms. The summed E-state index contributed by atoms with van der Waals surface area (Å²) in [5.74, 6) is -0.488. The van der Waals surface area contributed by atoms with Gasteiger partial charge in [0, 0.05) is 6.54 Å². The molecule has 0 aliphatic heterocycles. The van der Waals surface area contributed by atoms with Crippen LogP contribution >= 0.6 is 0 Å². The molecule has 0 atom stereocenters. The third-order valence-corrected chi connectivity index (χ3v) is 4.79. The molecule has 0 aromatic heterocycles. The van der Waals surface area contributed by atoms with Crippen molar-refractivity contribution in [2.24, 2.45) is 0 Å². The van der Waals surface area contributed by atoms with Gasteiger partial charge in [-0.3, -0.25) is 4.79 Å². The molecule has 2 aromatic rings. The lowest BCUT2D eigenvalue weighted by molar-refractivity contribution is 0.0696. The maximum Gasteiger partial charge on any atom is 0.335 e. The topological polar surface area (TPSA) is 75.6 Å². The van der Waals surface area contributed by atoms with E-state index in [0.29, 0.717) is 30.9 Å². The first-order valence-corrected chi connectivity index (χ1v) is 10.4. The summed E-state index contributed by atoms with van der Waals surface area (Å²) in [6.45, 7) is 3.30. The fraction of sp³-hybridized carbons (Fsp3) is 0.417. The standard InChI is InChI=1S/C24H31NO4/c1-2-3-4-5-6-9-18-29-22-11-8-7-10-21(22)23(26)25-17-16-19-12-14-20(15-13-19)24(27)28/h7-8,10-15H,2-6,9,16-18H2,1H3,(H,25,26)(H,27,28). The van der Waals surface area contributed by atoms with E-state index in [2.05, 4.69) is 12.2 Å². The second kappa shape index (κ2) is 12.6. The van der Waals surface area contributed by atoms with Gasteiger partial charge in [-0.15, -0.1) is 0 Å². The van der Waals surface area contributed by atoms with Crippen molar-refractivity contribution in [1.82, 2.24) is 5.32 Å². The van der Waals surface area contributed by atoms with E-state index in [1.807, 2.05) is 18.2 Å². The molecule has 0 aliphatic rings. The van der Waals surface area contributed by atoms with Gasteiger partial charge in [0.25, 0.3) is 5.91 Å². The van der Waals surface area contributed by atoms with Crippen LogP contribution in [0.25, 0.3) is 0 Å². The molecule has 0 radical (unpaired) electrons. The Morgan fingerprint density at radius 1 is 0.931 bits per heavy atom. The zero-order chi connectivity index (χ0) is 20.9. The summed E-state index contributed by atoms with van der Waals surface area (Å²) in [6, 6.07) is 14.0. The van der Waals surface area contributed by atoms with E-state index in [0.717, 1.165) is 18.4 Å². The molecule has 1 amide bonds. The van der Waals surface area contributed by atoms with E-state index < -0.39 is 5.97 Å². The van der Waals surface area contributed by atoms with E-state index in [-0.39, 0.29) is 11.5 Å². The minimum absolute atomic E-state index is 0.161. The van der Waals surface area contributed by atoms with Crippen LogP contribution in [0.15, 0.2) is 48.5 Å². The molecule has 2 rings (SSSR count). The Kier molecular flexibility index (Phi) is 9.76. The van der Waals surface area contributed by atoms with Crippen LogP contribution in [0, 0.1) is 0 Å². The van der Waals surface area contributed by atoms with Crippen molar-refractivity contribution in [2.45, 2.75) is 51.9 Å². The van der Waals surface area contributed by atoms with Crippen molar-refractivity contribution in [3.63, 3.8) is 0 Å². The Balaban J connectivity index is 1.77. The Hall–Kier alpha value is -2.82. The molecule has 2 N–H and O–H groups in total. The van der Waals surface area contributed by atoms with E-state index in [9.17, 15) is 9.59 Å². The highest BCUT2D eigenvalue weighted by atomic mass is 16.5. The third-order valence-electron chi connectivity index (χ3n) is 4.79. The van der Waals surface area contributed by atoms with Gasteiger partial charge in [-0.05, 0) is 42.7 Å². The zero-order valence-corrected chi connectivity index (χ0v) is 17.2. The van der Waals surface area contributed by atoms with Crippen LogP contribution in [0.1, 0.15) is 71.7 Å². The molecular formula is C24H31NO4. The molecule has 0 aliphatic carbocycles. The van der Waals surface area contributed by atoms with Crippen LogP contribution in [-0.4, -0.2) is 30.1 Å². The summed E-state index contributed by atoms with van der Waals surface area (Å²) in [4.78, 5) is 23.4. The van der Waals surface area contributed by atoms with Crippen molar-refractivity contribution in [1.29, 1.82) is 0 Å². The predicted molar refractivity (Wildman–Crippen MR) is 115 cm³/mol. The number of hydrogen-bond acceptors (Lipinski definition) is 3. The molecular weight excluding hydrogens is 366 g/mol. The Bertz CT molecular complexity index is 771. The lowest BCUT2D eigenvalue weighted by Crippen LogP contribution is -2.26. The Morgan fingerprint density at radius 3 is 2.34 bits per heavy atom. The number of benzene rings is 2. The average Bonchev–Trinajstić information content (AvgIpc) is 2.73. The van der Waals surface area contributed by atoms with Gasteiger partial charge in [-0.2, -0.15) is 0 Å². The summed E-state index contributed by atoms with van der Waals surface area (Å²) in [6.07, 6.45) is 7.80. The number of aromatic carboxylic acids is 1. The summed E-state index contributed by atoms with van der Waals surface area (Å²) >= 11 is 0. The highest BCUT2D eigenvalue weighted by Crippen LogP contribution is 2.18. The van der Waals surface area contributed by atoms with E-state index in [1.165, 1.54) is 25.7 Å². The van der Waals surface area contributed by atoms with Crippen LogP contribution in [-0.2, 0) is 6.42 Å². The summed E-state index contributed by atoms with van der Waals surface area (Å²) in [7, 11) is 0. The SMILES string of the molecule is CCCCCCCCOc1ccccc1C(=O)NCCc1ccc(C(=O)O)cc1. The van der Waals surface area contributed by atoms with Gasteiger partial charge >= 0.3 is 5.97 Å². The number of para-hydroxylation sites is 1. The quantitative estimate of drug-likeness (QED) is 0.461. The fourth-order valence-corrected chi connectivity index (χ4v) is 3.07. The number of rotatable bonds is 13. The number of ether oxygens (including phenoxy) is 1. The Labute approximate surface area is 173 Å². The molecule has 0 heterocycles. The van der Waals surface area contributed by atoms with Crippen LogP contribution < -0.4 is 10.1 Å². The van der Waals surface area contributed by atoms with Gasteiger partial charge in [0.05, 0.1) is 17.7 Å². The first-order valence-electron chi connectivity index (χ1n) is 10.4. The van der Waals surface area contributed by atoms with Crippen molar-refractivity contribution in [3.8, 4) is 5.75 Å². The molecule has 5 nitrogen and oxygen atoms in total. The fourth-order valence-electron chi connectivity index (χ4n) is 3.07. The summed E-state index contributed by atoms with van der Waals surface area (Å²) in [5.41, 5.74) is 1.77. The number of nitrogens with one attached hydrogen (secondary N) is 1. The van der Waals surface area contributed by atoms with Crippen LogP contribution in [0.4, 0.5) is 0 Å². The van der Waals surface area contributed by atoms with Crippen LogP contribution in [0.3, 0.4) is 0 Å². The largest absolute Gasteiger partial charge is 0.493 e. The second-order valence-electron chi connectivity index (χ2n) is 7.12. The number of carboxylic acid groups (broad SMARTS) is 1. The maximum absolute atomic E-state index is 12.5. The van der Waals surface area contributed by atoms with Crippen molar-refractivity contribution < 1.29 is 19.4 Å². The van der Waals surface area contributed by atoms with E-state index in [1.54, 1.807) is 30.3 Å². The molecule has 0 unspecified atom stereocenters. The number of carbonyl (C=O) groups excluding carboxylic acids is 1. The molecule has 29 heavy (non-hydrogen) atoms. The van der Waals surface area contributed by atoms with Gasteiger partial charge < -0.3 is 15.2 Å². The first kappa shape index (κ1) is 22.5. The molecule has 0 bridgehead atoms. The monoisotopic (exact) mass is 397 g/mol. The van der Waals surface area contributed by atoms with Gasteiger partial charge in [-0.1, -0.05) is 63.3 Å². The van der Waals surface area contributed by atoms with Gasteiger partial charge in [0.2, 0.25) is 0 Å². The molecule has 5 heteroatoms. The van der Waals surface area contributed by atoms with E-state index >= 15 is 0 Å². The molecule has 0 fully saturated rings. The van der Waals surface area contributed by atoms with Gasteiger partial charge in [-0.25, -0.2) is 4.79 Å². The average molecular weight is 398 g/mol. The van der Waals surface area contributed by atoms with Crippen LogP contribution in [0.2, 0.25) is 0 Å². The predicted octanol–water partition coefficient (Wildman–Crippen LogP) is 5.10. The van der Waals surface area contributed by atoms with Crippen molar-refractivity contribution >= 4 is 11.9 Å². The van der Waals surface area contributed by atoms with Gasteiger partial charge in [0.15, 0.2) is 0 Å². The van der Waals surface area contributed by atoms with Crippen molar-refractivity contribution in [3.05, 3.63) is 65.2 Å².